The third-order valence-electron chi connectivity index (χ3n) is 26.9. The molecule has 0 bridgehead atoms. The van der Waals surface area contributed by atoms with Gasteiger partial charge in [0, 0.05) is 78.1 Å². The summed E-state index contributed by atoms with van der Waals surface area (Å²) in [7, 11) is 0. The summed E-state index contributed by atoms with van der Waals surface area (Å²) in [5.74, 6) is 0. The van der Waals surface area contributed by atoms with Crippen LogP contribution in [0.2, 0.25) is 0 Å². The van der Waals surface area contributed by atoms with E-state index in [0.29, 0.717) is 0 Å². The molecule has 15 nitrogen and oxygen atoms in total. The Morgan fingerprint density at radius 3 is 0.973 bits per heavy atom. The Bertz CT molecular complexity index is 6670. The quantitative estimate of drug-likeness (QED) is 0.0268. The van der Waals surface area contributed by atoms with E-state index >= 15 is 0 Å². The molecule has 6 aliphatic heterocycles. The fourth-order valence-electron chi connectivity index (χ4n) is 19.0. The van der Waals surface area contributed by atoms with Crippen molar-refractivity contribution in [1.29, 1.82) is 0 Å². The third-order valence-corrected chi connectivity index (χ3v) is 26.9. The van der Waals surface area contributed by atoms with Gasteiger partial charge in [0.2, 0.25) is 0 Å². The van der Waals surface area contributed by atoms with E-state index in [4.69, 9.17) is 9.97 Å². The average Bonchev–Trinajstić information content (AvgIpc) is 0.868. The van der Waals surface area contributed by atoms with Gasteiger partial charge in [0.15, 0.2) is 0 Å². The normalized spacial score (nSPS) is 13.9. The van der Waals surface area contributed by atoms with Crippen molar-refractivity contribution in [2.75, 3.05) is 68.7 Å². The summed E-state index contributed by atoms with van der Waals surface area (Å²) in [5.41, 5.74) is 21.8. The second kappa shape index (κ2) is 55.4. The molecule has 0 amide bonds. The van der Waals surface area contributed by atoms with Crippen LogP contribution in [0.5, 0.6) is 0 Å². The molecule has 753 valence electrons. The van der Waals surface area contributed by atoms with Crippen LogP contribution in [0, 0.1) is 94.6 Å². The minimum absolute atomic E-state index is 0. The molecule has 0 unspecified atom stereocenters. The summed E-state index contributed by atoms with van der Waals surface area (Å²) in [6.45, 7) is 19.0. The van der Waals surface area contributed by atoms with E-state index in [2.05, 4.69) is 433 Å². The number of para-hydroxylation sites is 3. The Balaban J connectivity index is 0.000000155. The van der Waals surface area contributed by atoms with Crippen molar-refractivity contribution < 1.29 is 60.3 Å². The number of hydrogen-bond donors (Lipinski definition) is 0. The first-order chi connectivity index (χ1) is 70.9. The molecular formula is C128H124Ir3N15-15. The van der Waals surface area contributed by atoms with Crippen LogP contribution in [0.3, 0.4) is 0 Å². The SMILES string of the molecule is [Ir].[Ir].[Ir].[c-]1cc(CCCCCCc2c[c-]c(N3C=CN(CCCCN4C=CN(c5[c-]cccc5)[CH-]4)[CH-]3)cc2)ccc1-c1nccc2ccccc12.[c-]1ccccc1-c1ccc2c(CCCCCc3c[c-]c(N4C=CN(CCCCN5C=CN(c6[c-]cccc6)[CH-]5)[CH-]4)cc3)cccc2n1.[c-]1ccccc1-c1ncc(CCCCCCc2c[c-]c(N3C=CN(CCCCN4C=CN(c5[c-]cccc5)[CH-]4)[CH-]3)cc2)c2ccccc12. The topological polar surface area (TPSA) is 77.5 Å². The van der Waals surface area contributed by atoms with Crippen molar-refractivity contribution >= 4 is 66.6 Å². The Labute approximate surface area is 907 Å². The second-order valence-corrected chi connectivity index (χ2v) is 37.3. The van der Waals surface area contributed by atoms with Crippen LogP contribution < -0.4 is 29.4 Å². The van der Waals surface area contributed by atoms with E-state index < -0.39 is 0 Å². The summed E-state index contributed by atoms with van der Waals surface area (Å²) in [6, 6.07) is 127. The molecule has 0 saturated carbocycles. The molecule has 146 heavy (non-hydrogen) atoms. The maximum atomic E-state index is 4.92. The van der Waals surface area contributed by atoms with Crippen molar-refractivity contribution in [3.8, 4) is 33.8 Å². The average molecular weight is 2450 g/mol. The number of nitrogens with zero attached hydrogens (tertiary/aromatic N) is 15. The van der Waals surface area contributed by atoms with Gasteiger partial charge in [0.1, 0.15) is 0 Å². The van der Waals surface area contributed by atoms with Crippen molar-refractivity contribution in [3.63, 3.8) is 0 Å². The molecule has 18 heteroatoms. The zero-order valence-corrected chi connectivity index (χ0v) is 90.0. The van der Waals surface area contributed by atoms with Gasteiger partial charge < -0.3 is 68.8 Å². The van der Waals surface area contributed by atoms with Crippen LogP contribution in [-0.2, 0) is 98.8 Å². The number of anilines is 6. The molecule has 6 aliphatic rings. The maximum absolute atomic E-state index is 4.92. The Kier molecular flexibility index (Phi) is 40.1. The molecule has 0 N–H and O–H groups in total. The van der Waals surface area contributed by atoms with Gasteiger partial charge in [-0.3, -0.25) is 4.98 Å². The van der Waals surface area contributed by atoms with Gasteiger partial charge in [0.05, 0.1) is 5.52 Å². The number of hydrogen-bond acceptors (Lipinski definition) is 15. The van der Waals surface area contributed by atoms with E-state index in [0.717, 1.165) is 190 Å². The van der Waals surface area contributed by atoms with Gasteiger partial charge in [-0.2, -0.15) is 202 Å². The number of benzene rings is 12. The van der Waals surface area contributed by atoms with Gasteiger partial charge in [-0.25, -0.2) is 0 Å². The first-order valence-electron chi connectivity index (χ1n) is 51.3. The Morgan fingerprint density at radius 1 is 0.226 bits per heavy atom. The van der Waals surface area contributed by atoms with Crippen LogP contribution in [-0.4, -0.2) is 83.6 Å². The molecule has 0 saturated heterocycles. The van der Waals surface area contributed by atoms with E-state index in [-0.39, 0.29) is 60.3 Å². The smallest absolute Gasteiger partial charge is 0.0598 e. The first-order valence-corrected chi connectivity index (χ1v) is 51.3. The number of unbranched alkanes of at least 4 members (excludes halogenated alkanes) is 11. The van der Waals surface area contributed by atoms with E-state index in [9.17, 15) is 0 Å². The first kappa shape index (κ1) is 106. The maximum Gasteiger partial charge on any atom is 0.0598 e. The molecule has 3 aromatic heterocycles. The molecule has 15 aromatic rings. The van der Waals surface area contributed by atoms with Crippen molar-refractivity contribution in [1.82, 2.24) is 44.4 Å². The van der Waals surface area contributed by atoms with Crippen LogP contribution in [0.15, 0.2) is 366 Å². The largest absolute Gasteiger partial charge is 0.508 e. The van der Waals surface area contributed by atoms with Gasteiger partial charge in [-0.15, -0.1) is 160 Å². The molecule has 9 heterocycles. The molecule has 0 spiro atoms. The number of aromatic nitrogens is 3. The van der Waals surface area contributed by atoms with E-state index in [1.807, 2.05) is 91.1 Å². The zero-order valence-electron chi connectivity index (χ0n) is 82.8. The number of rotatable bonds is 44. The van der Waals surface area contributed by atoms with Crippen LogP contribution in [0.1, 0.15) is 143 Å². The number of pyridine rings is 3. The molecular weight excluding hydrogens is 2320 g/mol. The van der Waals surface area contributed by atoms with Crippen LogP contribution in [0.25, 0.3) is 66.2 Å². The standard InChI is InChI=1S/2C43H42N5.C42H40N5.3Ir/c1(2-6-18-38-33-44-43(37-16-7-3-8-17-37)42-22-12-11-21-41(38)42)5-15-36-23-25-40(26-24-36)48-32-30-46(35-48)28-14-13-27-45-29-31-47(34-45)39-19-9-4-10-20-39;1(4-12-36-18-22-39(23-19-36)43-42-17-9-8-14-38(42)26-27-44-43)2-5-13-37-20-24-41(25-21-37)48-33-31-46(35-48)29-11-10-28-45-30-32-47(34-45)40-15-6-3-7-16-40;1(5-14-36-17-12-20-42-40(36)25-26-41(43-42)37-15-6-2-7-16-37)4-13-35-21-23-39(24-22-35)47-32-30-45(34-47)28-11-10-27-44-29-31-46(33-44)38-18-8-3-9-19-38;;;/h3-4,7-12,16,19,21-25,29-35H,1-2,5-6,13-15,18,27-28H2;3,6-9,14-15,17-22,24,26-27,30-35H,1-2,4-5,10-13,28-29H2;2-3,6-9,12,15,17-18,20-23,25-26,29-34H,1,4-5,10-11,13-14,27-28H2;;;/q3*-5;;;. The number of aryl methyl sites for hydroxylation is 6. The Morgan fingerprint density at radius 2 is 0.575 bits per heavy atom. The van der Waals surface area contributed by atoms with Gasteiger partial charge in [-0.1, -0.05) is 156 Å². The van der Waals surface area contributed by atoms with Crippen molar-refractivity contribution in [2.24, 2.45) is 0 Å². The molecule has 12 aromatic carbocycles. The molecule has 0 fully saturated rings. The number of fused-ring (bicyclic) bond motifs is 3. The molecule has 21 rings (SSSR count). The monoisotopic (exact) mass is 2450 g/mol. The van der Waals surface area contributed by atoms with Gasteiger partial charge >= 0.3 is 0 Å². The predicted molar refractivity (Wildman–Crippen MR) is 586 cm³/mol. The van der Waals surface area contributed by atoms with E-state index in [1.165, 1.54) is 131 Å². The summed E-state index contributed by atoms with van der Waals surface area (Å²) in [5, 5.41) is 6.18. The minimum Gasteiger partial charge on any atom is -0.508 e. The van der Waals surface area contributed by atoms with Crippen molar-refractivity contribution in [3.05, 3.63) is 494 Å². The fourth-order valence-corrected chi connectivity index (χ4v) is 19.0. The van der Waals surface area contributed by atoms with Gasteiger partial charge in [-0.05, 0) is 240 Å². The van der Waals surface area contributed by atoms with Crippen molar-refractivity contribution in [2.45, 2.75) is 148 Å². The summed E-state index contributed by atoms with van der Waals surface area (Å²) in [6.07, 6.45) is 56.1. The van der Waals surface area contributed by atoms with Gasteiger partial charge in [0.25, 0.3) is 0 Å². The third kappa shape index (κ3) is 29.9. The second-order valence-electron chi connectivity index (χ2n) is 37.3. The van der Waals surface area contributed by atoms with E-state index in [1.54, 1.807) is 0 Å². The molecule has 3 radical (unpaired) electrons. The predicted octanol–water partition coefficient (Wildman–Crippen LogP) is 28.3. The minimum atomic E-state index is 0. The summed E-state index contributed by atoms with van der Waals surface area (Å²) >= 11 is 0. The van der Waals surface area contributed by atoms with Crippen LogP contribution in [0.4, 0.5) is 34.1 Å². The molecule has 0 atom stereocenters. The van der Waals surface area contributed by atoms with Crippen LogP contribution >= 0.6 is 0 Å². The molecule has 0 aliphatic carbocycles. The zero-order chi connectivity index (χ0) is 96.4. The fraction of sp³-hybridized carbons (Fsp3) is 0.227. The summed E-state index contributed by atoms with van der Waals surface area (Å²) < 4.78 is 0. The Hall–Kier alpha value is -13.1. The summed E-state index contributed by atoms with van der Waals surface area (Å²) in [4.78, 5) is 40.8.